The Labute approximate surface area is 124 Å². The summed E-state index contributed by atoms with van der Waals surface area (Å²) in [6, 6.07) is -1.82. The Kier molecular flexibility index (Phi) is 9.11. The third kappa shape index (κ3) is 7.50. The van der Waals surface area contributed by atoms with Crippen molar-refractivity contribution in [3.8, 4) is 0 Å². The molecule has 8 nitrogen and oxygen atoms in total. The van der Waals surface area contributed by atoms with Crippen molar-refractivity contribution in [1.29, 1.82) is 0 Å². The van der Waals surface area contributed by atoms with E-state index in [0.717, 1.165) is 0 Å². The first-order valence-electron chi connectivity index (χ1n) is 6.84. The normalized spacial score (nSPS) is 13.3. The van der Waals surface area contributed by atoms with Gasteiger partial charge in [-0.3, -0.25) is 4.79 Å². The van der Waals surface area contributed by atoms with Crippen LogP contribution in [-0.2, 0) is 14.3 Å². The molecule has 0 bridgehead atoms. The summed E-state index contributed by atoms with van der Waals surface area (Å²) in [5, 5.41) is 20.0. The minimum atomic E-state index is -1.25. The molecule has 0 aliphatic heterocycles. The molecule has 0 fully saturated rings. The summed E-state index contributed by atoms with van der Waals surface area (Å²) in [5.41, 5.74) is 0. The minimum absolute atomic E-state index is 0.0749. The zero-order valence-electron chi connectivity index (χ0n) is 12.7. The lowest BCUT2D eigenvalue weighted by molar-refractivity contribution is -0.140. The molecule has 0 aromatic carbocycles. The number of carbonyl (C=O) groups excluding carboxylic acids is 1. The van der Waals surface area contributed by atoms with Gasteiger partial charge in [0.05, 0.1) is 6.61 Å². The summed E-state index contributed by atoms with van der Waals surface area (Å²) >= 11 is 0. The standard InChI is InChI=1S/C13H24N2O6/c1-4-9(2)15(7-8-21-3)13(20)14-10(12(18)19)5-6-11(16)17/h9-10H,4-8H2,1-3H3,(H,14,20)(H,16,17)(H,18,19)/t9?,10-/m0/s1. The van der Waals surface area contributed by atoms with Crippen LogP contribution in [0, 0.1) is 0 Å². The van der Waals surface area contributed by atoms with E-state index in [2.05, 4.69) is 5.32 Å². The van der Waals surface area contributed by atoms with Gasteiger partial charge >= 0.3 is 18.0 Å². The zero-order chi connectivity index (χ0) is 16.4. The van der Waals surface area contributed by atoms with Crippen molar-refractivity contribution in [3.63, 3.8) is 0 Å². The molecule has 1 unspecified atom stereocenters. The Morgan fingerprint density at radius 1 is 1.29 bits per heavy atom. The average molecular weight is 304 g/mol. The second-order valence-corrected chi connectivity index (χ2v) is 4.72. The van der Waals surface area contributed by atoms with Crippen LogP contribution in [0.5, 0.6) is 0 Å². The lowest BCUT2D eigenvalue weighted by Crippen LogP contribution is -2.51. The molecule has 0 aliphatic carbocycles. The highest BCUT2D eigenvalue weighted by atomic mass is 16.5. The first-order valence-corrected chi connectivity index (χ1v) is 6.84. The largest absolute Gasteiger partial charge is 0.481 e. The lowest BCUT2D eigenvalue weighted by Gasteiger charge is -2.29. The SMILES string of the molecule is CCC(C)N(CCOC)C(=O)N[C@@H](CCC(=O)O)C(=O)O. The lowest BCUT2D eigenvalue weighted by atomic mass is 10.1. The molecule has 0 aromatic rings. The van der Waals surface area contributed by atoms with Crippen LogP contribution in [0.2, 0.25) is 0 Å². The van der Waals surface area contributed by atoms with Gasteiger partial charge in [0.1, 0.15) is 6.04 Å². The average Bonchev–Trinajstić information content (AvgIpc) is 2.42. The molecule has 0 aliphatic rings. The quantitative estimate of drug-likeness (QED) is 0.548. The molecule has 21 heavy (non-hydrogen) atoms. The second kappa shape index (κ2) is 9.98. The number of urea groups is 1. The molecular weight excluding hydrogens is 280 g/mol. The van der Waals surface area contributed by atoms with Gasteiger partial charge < -0.3 is 25.2 Å². The third-order valence-electron chi connectivity index (χ3n) is 3.16. The van der Waals surface area contributed by atoms with Gasteiger partial charge in [-0.15, -0.1) is 0 Å². The molecule has 2 atom stereocenters. The van der Waals surface area contributed by atoms with Crippen LogP contribution in [0.15, 0.2) is 0 Å². The Hall–Kier alpha value is -1.83. The molecule has 0 radical (unpaired) electrons. The van der Waals surface area contributed by atoms with Crippen molar-refractivity contribution >= 4 is 18.0 Å². The highest BCUT2D eigenvalue weighted by Gasteiger charge is 2.25. The van der Waals surface area contributed by atoms with Gasteiger partial charge in [-0.25, -0.2) is 9.59 Å². The summed E-state index contributed by atoms with van der Waals surface area (Å²) in [6.07, 6.45) is 0.234. The molecule has 0 saturated heterocycles. The van der Waals surface area contributed by atoms with E-state index in [4.69, 9.17) is 14.9 Å². The Morgan fingerprint density at radius 2 is 1.90 bits per heavy atom. The van der Waals surface area contributed by atoms with Gasteiger partial charge in [0.25, 0.3) is 0 Å². The van der Waals surface area contributed by atoms with Gasteiger partial charge in [-0.2, -0.15) is 0 Å². The van der Waals surface area contributed by atoms with Crippen molar-refractivity contribution in [2.24, 2.45) is 0 Å². The smallest absolute Gasteiger partial charge is 0.326 e. The second-order valence-electron chi connectivity index (χ2n) is 4.72. The molecule has 122 valence electrons. The van der Waals surface area contributed by atoms with Crippen molar-refractivity contribution in [3.05, 3.63) is 0 Å². The van der Waals surface area contributed by atoms with E-state index < -0.39 is 24.0 Å². The van der Waals surface area contributed by atoms with Crippen LogP contribution in [0.3, 0.4) is 0 Å². The number of nitrogens with one attached hydrogen (secondary N) is 1. The van der Waals surface area contributed by atoms with E-state index in [9.17, 15) is 14.4 Å². The number of hydrogen-bond acceptors (Lipinski definition) is 4. The van der Waals surface area contributed by atoms with E-state index in [1.165, 1.54) is 12.0 Å². The highest BCUT2D eigenvalue weighted by Crippen LogP contribution is 2.06. The molecule has 0 aromatic heterocycles. The third-order valence-corrected chi connectivity index (χ3v) is 3.16. The Morgan fingerprint density at radius 3 is 2.33 bits per heavy atom. The van der Waals surface area contributed by atoms with Crippen molar-refractivity contribution < 1.29 is 29.3 Å². The van der Waals surface area contributed by atoms with Crippen molar-refractivity contribution in [1.82, 2.24) is 10.2 Å². The summed E-state index contributed by atoms with van der Waals surface area (Å²) in [7, 11) is 1.51. The minimum Gasteiger partial charge on any atom is -0.481 e. The number of amides is 2. The van der Waals surface area contributed by atoms with Crippen molar-refractivity contribution in [2.45, 2.75) is 45.2 Å². The van der Waals surface area contributed by atoms with Crippen LogP contribution < -0.4 is 5.32 Å². The van der Waals surface area contributed by atoms with Gasteiger partial charge in [0, 0.05) is 26.1 Å². The van der Waals surface area contributed by atoms with E-state index in [-0.39, 0.29) is 18.9 Å². The van der Waals surface area contributed by atoms with E-state index >= 15 is 0 Å². The molecule has 0 heterocycles. The predicted octanol–water partition coefficient (Wildman–Crippen LogP) is 0.761. The Bertz CT molecular complexity index is 361. The van der Waals surface area contributed by atoms with Gasteiger partial charge in [0.2, 0.25) is 0 Å². The zero-order valence-corrected chi connectivity index (χ0v) is 12.7. The fourth-order valence-electron chi connectivity index (χ4n) is 1.69. The van der Waals surface area contributed by atoms with Gasteiger partial charge in [-0.05, 0) is 19.8 Å². The summed E-state index contributed by atoms with van der Waals surface area (Å²) in [6.45, 7) is 4.44. The van der Waals surface area contributed by atoms with E-state index in [1.807, 2.05) is 13.8 Å². The highest BCUT2D eigenvalue weighted by molar-refractivity contribution is 5.83. The summed E-state index contributed by atoms with van der Waals surface area (Å²) < 4.78 is 4.93. The number of carbonyl (C=O) groups is 3. The number of aliphatic carboxylic acids is 2. The molecule has 0 spiro atoms. The summed E-state index contributed by atoms with van der Waals surface area (Å²) in [4.78, 5) is 35.2. The van der Waals surface area contributed by atoms with Crippen LogP contribution >= 0.6 is 0 Å². The maximum atomic E-state index is 12.2. The first kappa shape index (κ1) is 19.2. The van der Waals surface area contributed by atoms with Crippen LogP contribution in [-0.4, -0.2) is 65.4 Å². The van der Waals surface area contributed by atoms with Gasteiger partial charge in [-0.1, -0.05) is 6.92 Å². The van der Waals surface area contributed by atoms with Crippen molar-refractivity contribution in [2.75, 3.05) is 20.3 Å². The Balaban J connectivity index is 4.73. The predicted molar refractivity (Wildman–Crippen MR) is 75.2 cm³/mol. The topological polar surface area (TPSA) is 116 Å². The number of nitrogens with zero attached hydrogens (tertiary/aromatic N) is 1. The fourth-order valence-corrected chi connectivity index (χ4v) is 1.69. The maximum Gasteiger partial charge on any atom is 0.326 e. The molecule has 0 saturated carbocycles. The molecule has 0 rings (SSSR count). The molecule has 8 heteroatoms. The summed E-state index contributed by atoms with van der Waals surface area (Å²) in [5.74, 6) is -2.35. The fraction of sp³-hybridized carbons (Fsp3) is 0.769. The number of methoxy groups -OCH3 is 1. The molecule has 3 N–H and O–H groups in total. The monoisotopic (exact) mass is 304 g/mol. The number of hydrogen-bond donors (Lipinski definition) is 3. The van der Waals surface area contributed by atoms with Crippen LogP contribution in [0.1, 0.15) is 33.1 Å². The maximum absolute atomic E-state index is 12.2. The van der Waals surface area contributed by atoms with E-state index in [0.29, 0.717) is 19.6 Å². The van der Waals surface area contributed by atoms with Crippen LogP contribution in [0.4, 0.5) is 4.79 Å². The number of carboxylic acids is 2. The number of rotatable bonds is 10. The molecule has 2 amide bonds. The molecular formula is C13H24N2O6. The first-order chi connectivity index (χ1) is 9.83. The van der Waals surface area contributed by atoms with Gasteiger partial charge in [0.15, 0.2) is 0 Å². The van der Waals surface area contributed by atoms with Crippen LogP contribution in [0.25, 0.3) is 0 Å². The number of ether oxygens (including phenoxy) is 1. The van der Waals surface area contributed by atoms with E-state index in [1.54, 1.807) is 0 Å². The number of carboxylic acid groups (broad SMARTS) is 2.